The van der Waals surface area contributed by atoms with Gasteiger partial charge in [0.05, 0.1) is 0 Å². The summed E-state index contributed by atoms with van der Waals surface area (Å²) in [5.41, 5.74) is 9.95. The molecule has 0 aliphatic heterocycles. The number of aromatic nitrogens is 1. The highest BCUT2D eigenvalue weighted by Crippen LogP contribution is 2.28. The first-order valence-corrected chi connectivity index (χ1v) is 5.83. The largest absolute Gasteiger partial charge is 0.399 e. The number of nitrogens with one attached hydrogen (secondary N) is 2. The molecule has 3 rings (SSSR count). The number of hydrogen-bond donors (Lipinski definition) is 3. The van der Waals surface area contributed by atoms with Crippen molar-refractivity contribution in [2.75, 3.05) is 17.6 Å². The zero-order chi connectivity index (χ0) is 11.8. The smallest absolute Gasteiger partial charge is 0.0485 e. The van der Waals surface area contributed by atoms with Crippen molar-refractivity contribution >= 4 is 33.2 Å². The van der Waals surface area contributed by atoms with Crippen LogP contribution in [0.25, 0.3) is 21.8 Å². The molecule has 0 saturated carbocycles. The maximum atomic E-state index is 5.79. The second-order valence-electron chi connectivity index (χ2n) is 4.22. The lowest BCUT2D eigenvalue weighted by atomic mass is 10.1. The summed E-state index contributed by atoms with van der Waals surface area (Å²) >= 11 is 0. The Morgan fingerprint density at radius 3 is 2.53 bits per heavy atom. The number of rotatable bonds is 2. The van der Waals surface area contributed by atoms with Crippen LogP contribution in [0, 0.1) is 0 Å². The molecule has 0 aliphatic carbocycles. The average Bonchev–Trinajstić information content (AvgIpc) is 2.65. The summed E-state index contributed by atoms with van der Waals surface area (Å²) < 4.78 is 0. The number of aromatic amines is 1. The maximum Gasteiger partial charge on any atom is 0.0485 e. The fraction of sp³-hybridized carbons (Fsp3) is 0.143. The highest BCUT2D eigenvalue weighted by atomic mass is 14.9. The predicted molar refractivity (Wildman–Crippen MR) is 74.4 cm³/mol. The van der Waals surface area contributed by atoms with Crippen LogP contribution in [-0.4, -0.2) is 11.5 Å². The van der Waals surface area contributed by atoms with Crippen LogP contribution in [0.5, 0.6) is 0 Å². The van der Waals surface area contributed by atoms with E-state index in [0.717, 1.165) is 29.0 Å². The maximum absolute atomic E-state index is 5.79. The van der Waals surface area contributed by atoms with E-state index in [1.54, 1.807) is 0 Å². The van der Waals surface area contributed by atoms with Crippen molar-refractivity contribution < 1.29 is 0 Å². The minimum atomic E-state index is 0.788. The van der Waals surface area contributed by atoms with E-state index in [1.165, 1.54) is 10.8 Å². The van der Waals surface area contributed by atoms with E-state index in [-0.39, 0.29) is 0 Å². The Labute approximate surface area is 99.6 Å². The van der Waals surface area contributed by atoms with Gasteiger partial charge in [-0.15, -0.1) is 0 Å². The molecule has 2 aromatic carbocycles. The molecule has 1 heterocycles. The number of fused-ring (bicyclic) bond motifs is 3. The Morgan fingerprint density at radius 1 is 1.06 bits per heavy atom. The van der Waals surface area contributed by atoms with E-state index in [9.17, 15) is 0 Å². The molecule has 0 radical (unpaired) electrons. The summed E-state index contributed by atoms with van der Waals surface area (Å²) in [6.45, 7) is 3.02. The summed E-state index contributed by atoms with van der Waals surface area (Å²) in [7, 11) is 0. The third-order valence-electron chi connectivity index (χ3n) is 3.00. The molecular formula is C14H15N3. The topological polar surface area (TPSA) is 53.8 Å². The van der Waals surface area contributed by atoms with E-state index < -0.39 is 0 Å². The van der Waals surface area contributed by atoms with Crippen LogP contribution in [0.2, 0.25) is 0 Å². The van der Waals surface area contributed by atoms with E-state index >= 15 is 0 Å². The quantitative estimate of drug-likeness (QED) is 0.586. The molecule has 0 fully saturated rings. The molecule has 0 amide bonds. The molecule has 0 aliphatic rings. The van der Waals surface area contributed by atoms with E-state index in [4.69, 9.17) is 5.73 Å². The third-order valence-corrected chi connectivity index (χ3v) is 3.00. The van der Waals surface area contributed by atoms with Gasteiger partial charge in [0, 0.05) is 39.7 Å². The first-order valence-electron chi connectivity index (χ1n) is 5.83. The normalized spacial score (nSPS) is 11.1. The van der Waals surface area contributed by atoms with Crippen LogP contribution in [0.15, 0.2) is 36.4 Å². The summed E-state index contributed by atoms with van der Waals surface area (Å²) in [4.78, 5) is 3.40. The van der Waals surface area contributed by atoms with Gasteiger partial charge in [-0.25, -0.2) is 0 Å². The van der Waals surface area contributed by atoms with Gasteiger partial charge in [0.1, 0.15) is 0 Å². The predicted octanol–water partition coefficient (Wildman–Crippen LogP) is 3.34. The Bertz CT molecular complexity index is 682. The lowest BCUT2D eigenvalue weighted by Crippen LogP contribution is -1.95. The molecule has 3 heteroatoms. The van der Waals surface area contributed by atoms with Crippen molar-refractivity contribution in [1.29, 1.82) is 0 Å². The fourth-order valence-corrected chi connectivity index (χ4v) is 2.24. The van der Waals surface area contributed by atoms with E-state index in [2.05, 4.69) is 41.5 Å². The highest BCUT2D eigenvalue weighted by Gasteiger charge is 2.04. The van der Waals surface area contributed by atoms with Gasteiger partial charge in [-0.1, -0.05) is 12.1 Å². The number of nitrogen functional groups attached to an aromatic ring is 1. The molecule has 0 saturated heterocycles. The molecule has 3 aromatic rings. The van der Waals surface area contributed by atoms with Gasteiger partial charge in [-0.05, 0) is 31.2 Å². The zero-order valence-electron chi connectivity index (χ0n) is 9.75. The SMILES string of the molecule is CCNc1ccc2c(c1)[nH]c1cc(N)ccc12. The Morgan fingerprint density at radius 2 is 1.76 bits per heavy atom. The lowest BCUT2D eigenvalue weighted by molar-refractivity contribution is 1.21. The Kier molecular flexibility index (Phi) is 2.18. The van der Waals surface area contributed by atoms with Crippen LogP contribution in [0.3, 0.4) is 0 Å². The van der Waals surface area contributed by atoms with Crippen molar-refractivity contribution in [3.05, 3.63) is 36.4 Å². The zero-order valence-corrected chi connectivity index (χ0v) is 9.75. The minimum Gasteiger partial charge on any atom is -0.399 e. The van der Waals surface area contributed by atoms with Crippen molar-refractivity contribution in [2.24, 2.45) is 0 Å². The van der Waals surface area contributed by atoms with Crippen LogP contribution < -0.4 is 11.1 Å². The van der Waals surface area contributed by atoms with Gasteiger partial charge in [0.2, 0.25) is 0 Å². The summed E-state index contributed by atoms with van der Waals surface area (Å²) in [6, 6.07) is 12.4. The van der Waals surface area contributed by atoms with Crippen LogP contribution in [-0.2, 0) is 0 Å². The van der Waals surface area contributed by atoms with E-state index in [1.807, 2.05) is 12.1 Å². The number of benzene rings is 2. The molecule has 17 heavy (non-hydrogen) atoms. The first kappa shape index (κ1) is 10.0. The standard InChI is InChI=1S/C14H15N3/c1-2-16-10-4-6-12-11-5-3-9(15)7-13(11)17-14(12)8-10/h3-8,16-17H,2,15H2,1H3. The van der Waals surface area contributed by atoms with Crippen LogP contribution in [0.1, 0.15) is 6.92 Å². The molecule has 0 unspecified atom stereocenters. The average molecular weight is 225 g/mol. The van der Waals surface area contributed by atoms with Gasteiger partial charge >= 0.3 is 0 Å². The fourth-order valence-electron chi connectivity index (χ4n) is 2.24. The van der Waals surface area contributed by atoms with Gasteiger partial charge in [0.15, 0.2) is 0 Å². The summed E-state index contributed by atoms with van der Waals surface area (Å²) in [6.07, 6.45) is 0. The Hall–Kier alpha value is -2.16. The second-order valence-corrected chi connectivity index (χ2v) is 4.22. The Balaban J connectivity index is 2.27. The number of hydrogen-bond acceptors (Lipinski definition) is 2. The van der Waals surface area contributed by atoms with Gasteiger partial charge in [-0.3, -0.25) is 0 Å². The molecule has 0 bridgehead atoms. The molecule has 1 aromatic heterocycles. The minimum absolute atomic E-state index is 0.788. The molecule has 0 spiro atoms. The number of anilines is 2. The molecule has 0 atom stereocenters. The number of nitrogens with two attached hydrogens (primary N) is 1. The first-order chi connectivity index (χ1) is 8.28. The number of H-pyrrole nitrogens is 1. The molecular weight excluding hydrogens is 210 g/mol. The monoisotopic (exact) mass is 225 g/mol. The van der Waals surface area contributed by atoms with Gasteiger partial charge < -0.3 is 16.0 Å². The lowest BCUT2D eigenvalue weighted by Gasteiger charge is -2.02. The molecule has 86 valence electrons. The van der Waals surface area contributed by atoms with Crippen molar-refractivity contribution in [1.82, 2.24) is 4.98 Å². The van der Waals surface area contributed by atoms with Gasteiger partial charge in [0.25, 0.3) is 0 Å². The van der Waals surface area contributed by atoms with Crippen molar-refractivity contribution in [2.45, 2.75) is 6.92 Å². The highest BCUT2D eigenvalue weighted by molar-refractivity contribution is 6.08. The van der Waals surface area contributed by atoms with Crippen LogP contribution in [0.4, 0.5) is 11.4 Å². The molecule has 4 N–H and O–H groups in total. The van der Waals surface area contributed by atoms with Crippen LogP contribution >= 0.6 is 0 Å². The second kappa shape index (κ2) is 3.70. The van der Waals surface area contributed by atoms with Crippen molar-refractivity contribution in [3.63, 3.8) is 0 Å². The molecule has 3 nitrogen and oxygen atoms in total. The summed E-state index contributed by atoms with van der Waals surface area (Å²) in [5, 5.41) is 5.77. The summed E-state index contributed by atoms with van der Waals surface area (Å²) in [5.74, 6) is 0. The van der Waals surface area contributed by atoms with E-state index in [0.29, 0.717) is 0 Å². The van der Waals surface area contributed by atoms with Crippen molar-refractivity contribution in [3.8, 4) is 0 Å². The van der Waals surface area contributed by atoms with Gasteiger partial charge in [-0.2, -0.15) is 0 Å². The third kappa shape index (κ3) is 1.60.